The molecule has 8 bridgehead atoms. The van der Waals surface area contributed by atoms with Crippen LogP contribution in [0.4, 0.5) is 18.9 Å². The van der Waals surface area contributed by atoms with Crippen LogP contribution in [-0.2, 0) is 43.2 Å². The van der Waals surface area contributed by atoms with Crippen LogP contribution in [0.1, 0.15) is 69.8 Å². The number of hydrogen-bond acceptors (Lipinski definition) is 11. The minimum absolute atomic E-state index is 0.0328. The van der Waals surface area contributed by atoms with Crippen LogP contribution in [-0.4, -0.2) is 113 Å². The average molecular weight is 891 g/mol. The number of nitrogens with zero attached hydrogens (tertiary/aromatic N) is 6. The van der Waals surface area contributed by atoms with Crippen molar-refractivity contribution in [2.24, 2.45) is 29.1 Å². The second kappa shape index (κ2) is 16.4. The smallest absolute Gasteiger partial charge is 0.406 e. The summed E-state index contributed by atoms with van der Waals surface area (Å²) in [6, 6.07) is 5.52. The molecular weight excluding hydrogens is 834 g/mol. The summed E-state index contributed by atoms with van der Waals surface area (Å²) in [6.07, 6.45) is -1.73. The predicted octanol–water partition coefficient (Wildman–Crippen LogP) is 6.40. The van der Waals surface area contributed by atoms with Gasteiger partial charge in [0.25, 0.3) is 5.91 Å². The minimum atomic E-state index is -4.58. The molecule has 2 saturated carbocycles. The van der Waals surface area contributed by atoms with Crippen LogP contribution < -0.4 is 15.6 Å². The number of amides is 2. The van der Waals surface area contributed by atoms with E-state index in [9.17, 15) is 27.6 Å². The van der Waals surface area contributed by atoms with Crippen LogP contribution in [0, 0.1) is 29.1 Å². The fourth-order valence-electron chi connectivity index (χ4n) is 10.1. The second-order valence-electron chi connectivity index (χ2n) is 19.3. The quantitative estimate of drug-likeness (QED) is 0.201. The summed E-state index contributed by atoms with van der Waals surface area (Å²) < 4.78 is 58.0. The van der Waals surface area contributed by atoms with Gasteiger partial charge < -0.3 is 29.2 Å². The maximum Gasteiger partial charge on any atom is 0.406 e. The lowest BCUT2D eigenvalue weighted by Crippen LogP contribution is -2.71. The summed E-state index contributed by atoms with van der Waals surface area (Å²) in [5.41, 5.74) is 7.02. The molecule has 4 aliphatic heterocycles. The van der Waals surface area contributed by atoms with E-state index >= 15 is 0 Å². The molecule has 6 aliphatic rings. The molecule has 4 aromatic rings. The maximum absolute atomic E-state index is 14.9. The van der Waals surface area contributed by atoms with Crippen LogP contribution in [0.5, 0.6) is 0 Å². The highest BCUT2D eigenvalue weighted by atomic mass is 32.1. The van der Waals surface area contributed by atoms with Crippen LogP contribution >= 0.6 is 11.3 Å². The van der Waals surface area contributed by atoms with E-state index in [-0.39, 0.29) is 61.0 Å². The Kier molecular flexibility index (Phi) is 11.4. The number of ether oxygens (including phenoxy) is 2. The molecular formula is C46H57F3N8O5S. The molecule has 2 amide bonds. The van der Waals surface area contributed by atoms with Gasteiger partial charge in [-0.25, -0.2) is 10.4 Å². The Balaban J connectivity index is 1.20. The molecule has 7 heterocycles. The monoisotopic (exact) mass is 890 g/mol. The first-order chi connectivity index (χ1) is 29.9. The Morgan fingerprint density at radius 3 is 2.52 bits per heavy atom. The summed E-state index contributed by atoms with van der Waals surface area (Å²) in [5.74, 6) is -0.839. The number of methoxy groups -OCH3 is 1. The lowest BCUT2D eigenvalue weighted by atomic mass is 9.73. The molecule has 3 saturated heterocycles. The van der Waals surface area contributed by atoms with Crippen molar-refractivity contribution >= 4 is 45.7 Å². The van der Waals surface area contributed by atoms with Crippen molar-refractivity contribution < 1.29 is 37.0 Å². The number of carbonyl (C=O) groups is 3. The van der Waals surface area contributed by atoms with Crippen molar-refractivity contribution in [3.05, 3.63) is 52.1 Å². The first-order valence-electron chi connectivity index (χ1n) is 22.1. The number of piperazine rings is 1. The SMILES string of the molecule is COC(C)c1ncc(N2CCN(C)CC2)cc1-c1c2c3cc(ccc3n1CC(F)(F)F)-c1csc(n1)CC(NC(=O)C1C(C)C1C)C(=O)N1NC(C(=O)OCC(C)(C)C2)C2CC1C2. The summed E-state index contributed by atoms with van der Waals surface area (Å²) in [6.45, 7) is 11.6. The van der Waals surface area contributed by atoms with E-state index in [1.807, 2.05) is 52.1 Å². The normalized spacial score (nSPS) is 28.0. The lowest BCUT2D eigenvalue weighted by Gasteiger charge is -2.53. The van der Waals surface area contributed by atoms with Crippen molar-refractivity contribution in [2.75, 3.05) is 51.8 Å². The number of halogens is 3. The lowest BCUT2D eigenvalue weighted by molar-refractivity contribution is -0.171. The molecule has 2 N–H and O–H groups in total. The van der Waals surface area contributed by atoms with Crippen LogP contribution in [0.2, 0.25) is 0 Å². The third kappa shape index (κ3) is 8.46. The number of carbonyl (C=O) groups excluding carboxylic acids is 3. The Hall–Kier alpha value is -4.58. The zero-order valence-electron chi connectivity index (χ0n) is 36.9. The number of fused-ring (bicyclic) bond motifs is 4. The number of nitrogens with one attached hydrogen (secondary N) is 2. The molecule has 0 radical (unpaired) electrons. The Bertz CT molecular complexity index is 2410. The number of thiazole rings is 1. The van der Waals surface area contributed by atoms with Gasteiger partial charge in [0.1, 0.15) is 18.6 Å². The van der Waals surface area contributed by atoms with Crippen molar-refractivity contribution in [3.8, 4) is 22.5 Å². The van der Waals surface area contributed by atoms with Gasteiger partial charge in [-0.1, -0.05) is 33.8 Å². The molecule has 10 rings (SSSR count). The van der Waals surface area contributed by atoms with E-state index < -0.39 is 42.3 Å². The predicted molar refractivity (Wildman–Crippen MR) is 234 cm³/mol. The van der Waals surface area contributed by atoms with E-state index in [2.05, 4.69) is 27.6 Å². The van der Waals surface area contributed by atoms with Crippen molar-refractivity contribution in [1.29, 1.82) is 0 Å². The third-order valence-corrected chi connectivity index (χ3v) is 15.1. The number of hydrogen-bond donors (Lipinski definition) is 2. The van der Waals surface area contributed by atoms with Gasteiger partial charge in [0.05, 0.1) is 46.7 Å². The number of alkyl halides is 3. The molecule has 5 unspecified atom stereocenters. The third-order valence-electron chi connectivity index (χ3n) is 14.3. The van der Waals surface area contributed by atoms with Crippen LogP contribution in [0.15, 0.2) is 35.8 Å². The van der Waals surface area contributed by atoms with Gasteiger partial charge in [-0.2, -0.15) is 13.2 Å². The standard InChI is InChI=1S/C46H57F3N8O5S/c1-24-25(2)38(24)42(58)52-34-18-37-51-35(21-63-37)27-8-9-36-31(16-27)33(19-45(4,5)23-62-44(60)40-28-14-29(15-28)57(53-40)43(34)59)41(56(36)22-46(47,48)49)32-17-30(20-50-39(32)26(3)61-7)55-12-10-54(6)11-13-55/h8-9,16-17,20-21,24-26,28-29,34,38,40,53H,10-15,18-19,22-23H2,1-7H3,(H,52,58). The summed E-state index contributed by atoms with van der Waals surface area (Å²) in [7, 11) is 3.63. The number of rotatable bonds is 7. The molecule has 0 spiro atoms. The molecule has 1 aromatic carbocycles. The topological polar surface area (TPSA) is 134 Å². The molecule has 63 heavy (non-hydrogen) atoms. The van der Waals surface area contributed by atoms with Crippen molar-refractivity contribution in [1.82, 2.24) is 35.2 Å². The average Bonchev–Trinajstić information content (AvgIpc) is 3.49. The van der Waals surface area contributed by atoms with Gasteiger partial charge in [-0.05, 0) is 74.8 Å². The van der Waals surface area contributed by atoms with E-state index in [1.54, 1.807) is 25.4 Å². The maximum atomic E-state index is 14.9. The van der Waals surface area contributed by atoms with Gasteiger partial charge in [0.2, 0.25) is 5.91 Å². The second-order valence-corrected chi connectivity index (χ2v) is 20.3. The molecule has 3 aromatic heterocycles. The molecule has 338 valence electrons. The fourth-order valence-corrected chi connectivity index (χ4v) is 10.9. The summed E-state index contributed by atoms with van der Waals surface area (Å²) in [4.78, 5) is 56.4. The molecule has 5 atom stereocenters. The van der Waals surface area contributed by atoms with Gasteiger partial charge in [0, 0.05) is 84.5 Å². The van der Waals surface area contributed by atoms with Gasteiger partial charge >= 0.3 is 12.1 Å². The highest BCUT2D eigenvalue weighted by molar-refractivity contribution is 7.10. The number of esters is 1. The minimum Gasteiger partial charge on any atom is -0.464 e. The van der Waals surface area contributed by atoms with E-state index in [0.29, 0.717) is 62.5 Å². The van der Waals surface area contributed by atoms with Gasteiger partial charge in [-0.3, -0.25) is 24.4 Å². The highest BCUT2D eigenvalue weighted by Gasteiger charge is 2.53. The van der Waals surface area contributed by atoms with Gasteiger partial charge in [0.15, 0.2) is 0 Å². The van der Waals surface area contributed by atoms with Gasteiger partial charge in [-0.15, -0.1) is 11.3 Å². The number of likely N-dealkylation sites (N-methyl/N-ethyl adjacent to an activating group) is 1. The van der Waals surface area contributed by atoms with E-state index in [4.69, 9.17) is 19.4 Å². The van der Waals surface area contributed by atoms with E-state index in [0.717, 1.165) is 31.9 Å². The Morgan fingerprint density at radius 1 is 1.11 bits per heavy atom. The summed E-state index contributed by atoms with van der Waals surface area (Å²) >= 11 is 1.36. The van der Waals surface area contributed by atoms with Crippen LogP contribution in [0.25, 0.3) is 33.4 Å². The Labute approximate surface area is 369 Å². The number of anilines is 1. The van der Waals surface area contributed by atoms with Crippen molar-refractivity contribution in [3.63, 3.8) is 0 Å². The number of aromatic nitrogens is 3. The largest absolute Gasteiger partial charge is 0.464 e. The Morgan fingerprint density at radius 2 is 1.84 bits per heavy atom. The molecule has 17 heteroatoms. The number of cyclic esters (lactones) is 1. The molecule has 2 aliphatic carbocycles. The zero-order chi connectivity index (χ0) is 44.7. The highest BCUT2D eigenvalue weighted by Crippen LogP contribution is 2.47. The number of hydrazine groups is 1. The zero-order valence-corrected chi connectivity index (χ0v) is 37.7. The molecule has 5 fully saturated rings. The number of pyridine rings is 1. The number of benzene rings is 1. The van der Waals surface area contributed by atoms with Crippen LogP contribution in [0.3, 0.4) is 0 Å². The first kappa shape index (κ1) is 43.7. The van der Waals surface area contributed by atoms with Crippen molar-refractivity contribution in [2.45, 2.75) is 97.3 Å². The summed E-state index contributed by atoms with van der Waals surface area (Å²) in [5, 5.41) is 7.68. The first-order valence-corrected chi connectivity index (χ1v) is 23.0. The van der Waals surface area contributed by atoms with E-state index in [1.165, 1.54) is 20.9 Å². The fraction of sp³-hybridized carbons (Fsp3) is 0.587. The molecule has 13 nitrogen and oxygen atoms in total.